The molecule has 0 atom stereocenters. The molecule has 1 rings (SSSR count). The van der Waals surface area contributed by atoms with Crippen LogP contribution in [0.4, 0.5) is 0 Å². The Balaban J connectivity index is 2.83. The van der Waals surface area contributed by atoms with E-state index in [9.17, 15) is 0 Å². The van der Waals surface area contributed by atoms with Crippen molar-refractivity contribution in [3.63, 3.8) is 0 Å². The Morgan fingerprint density at radius 1 is 1.36 bits per heavy atom. The Morgan fingerprint density at radius 2 is 1.91 bits per heavy atom. The first-order chi connectivity index (χ1) is 5.24. The SMILES string of the molecule is CC(C)c1ncc(CN)cn1. The van der Waals surface area contributed by atoms with E-state index in [-0.39, 0.29) is 0 Å². The lowest BCUT2D eigenvalue weighted by atomic mass is 10.2. The van der Waals surface area contributed by atoms with Crippen LogP contribution in [0.25, 0.3) is 0 Å². The van der Waals surface area contributed by atoms with Crippen LogP contribution < -0.4 is 5.73 Å². The lowest BCUT2D eigenvalue weighted by molar-refractivity contribution is 0.767. The molecule has 0 saturated carbocycles. The van der Waals surface area contributed by atoms with Gasteiger partial charge in [0.05, 0.1) is 0 Å². The van der Waals surface area contributed by atoms with Crippen LogP contribution in [-0.4, -0.2) is 9.97 Å². The van der Waals surface area contributed by atoms with Crippen LogP contribution in [0.1, 0.15) is 31.2 Å². The molecule has 0 spiro atoms. The first kappa shape index (κ1) is 8.14. The summed E-state index contributed by atoms with van der Waals surface area (Å²) in [7, 11) is 0. The molecule has 0 aliphatic rings. The van der Waals surface area contributed by atoms with Crippen molar-refractivity contribution in [3.8, 4) is 0 Å². The van der Waals surface area contributed by atoms with Crippen LogP contribution in [0, 0.1) is 0 Å². The molecule has 0 fully saturated rings. The highest BCUT2D eigenvalue weighted by Gasteiger charge is 2.00. The third-order valence-electron chi connectivity index (χ3n) is 1.48. The highest BCUT2D eigenvalue weighted by Crippen LogP contribution is 2.06. The Labute approximate surface area is 66.7 Å². The smallest absolute Gasteiger partial charge is 0.130 e. The molecule has 1 aromatic rings. The molecule has 3 nitrogen and oxygen atoms in total. The summed E-state index contributed by atoms with van der Waals surface area (Å²) in [6.07, 6.45) is 3.56. The maximum atomic E-state index is 5.40. The molecule has 2 N–H and O–H groups in total. The Kier molecular flexibility index (Phi) is 2.54. The van der Waals surface area contributed by atoms with E-state index in [1.54, 1.807) is 12.4 Å². The van der Waals surface area contributed by atoms with Crippen molar-refractivity contribution < 1.29 is 0 Å². The average molecular weight is 151 g/mol. The van der Waals surface area contributed by atoms with Gasteiger partial charge in [-0.1, -0.05) is 13.8 Å². The fourth-order valence-corrected chi connectivity index (χ4v) is 0.768. The molecule has 0 aliphatic heterocycles. The first-order valence-corrected chi connectivity index (χ1v) is 3.75. The molecule has 1 aromatic heterocycles. The third kappa shape index (κ3) is 1.98. The number of hydrogen-bond acceptors (Lipinski definition) is 3. The zero-order chi connectivity index (χ0) is 8.27. The molecule has 11 heavy (non-hydrogen) atoms. The van der Waals surface area contributed by atoms with Gasteiger partial charge in [0.1, 0.15) is 5.82 Å². The fourth-order valence-electron chi connectivity index (χ4n) is 0.768. The minimum absolute atomic E-state index is 0.391. The molecule has 0 aromatic carbocycles. The molecule has 0 unspecified atom stereocenters. The minimum Gasteiger partial charge on any atom is -0.326 e. The van der Waals surface area contributed by atoms with Gasteiger partial charge in [0, 0.05) is 30.4 Å². The summed E-state index contributed by atoms with van der Waals surface area (Å²) in [6.45, 7) is 4.65. The van der Waals surface area contributed by atoms with Crippen LogP contribution in [0.2, 0.25) is 0 Å². The zero-order valence-corrected chi connectivity index (χ0v) is 6.91. The largest absolute Gasteiger partial charge is 0.326 e. The minimum atomic E-state index is 0.391. The van der Waals surface area contributed by atoms with Gasteiger partial charge in [-0.3, -0.25) is 0 Å². The maximum absolute atomic E-state index is 5.40. The maximum Gasteiger partial charge on any atom is 0.130 e. The normalized spacial score (nSPS) is 10.5. The lowest BCUT2D eigenvalue weighted by Gasteiger charge is -2.02. The quantitative estimate of drug-likeness (QED) is 0.687. The summed E-state index contributed by atoms with van der Waals surface area (Å²) in [5.41, 5.74) is 6.38. The van der Waals surface area contributed by atoms with E-state index < -0.39 is 0 Å². The fraction of sp³-hybridized carbons (Fsp3) is 0.500. The average Bonchev–Trinajstić information content (AvgIpc) is 2.05. The van der Waals surface area contributed by atoms with Crippen molar-refractivity contribution >= 4 is 0 Å². The summed E-state index contributed by atoms with van der Waals surface area (Å²) in [5.74, 6) is 1.27. The van der Waals surface area contributed by atoms with Gasteiger partial charge in [-0.2, -0.15) is 0 Å². The molecule has 0 saturated heterocycles. The van der Waals surface area contributed by atoms with Gasteiger partial charge in [-0.05, 0) is 0 Å². The second-order valence-corrected chi connectivity index (χ2v) is 2.81. The van der Waals surface area contributed by atoms with E-state index >= 15 is 0 Å². The van der Waals surface area contributed by atoms with E-state index in [2.05, 4.69) is 23.8 Å². The van der Waals surface area contributed by atoms with Gasteiger partial charge in [-0.15, -0.1) is 0 Å². The second-order valence-electron chi connectivity index (χ2n) is 2.81. The van der Waals surface area contributed by atoms with Gasteiger partial charge in [0.25, 0.3) is 0 Å². The predicted octanol–water partition coefficient (Wildman–Crippen LogP) is 1.06. The van der Waals surface area contributed by atoms with Crippen LogP contribution in [0.3, 0.4) is 0 Å². The Hall–Kier alpha value is -0.960. The second kappa shape index (κ2) is 3.44. The number of nitrogens with two attached hydrogens (primary N) is 1. The van der Waals surface area contributed by atoms with E-state index in [1.807, 2.05) is 0 Å². The van der Waals surface area contributed by atoms with Gasteiger partial charge in [0.2, 0.25) is 0 Å². The van der Waals surface area contributed by atoms with Crippen molar-refractivity contribution in [2.75, 3.05) is 0 Å². The van der Waals surface area contributed by atoms with Crippen molar-refractivity contribution in [1.82, 2.24) is 9.97 Å². The first-order valence-electron chi connectivity index (χ1n) is 3.75. The van der Waals surface area contributed by atoms with Crippen molar-refractivity contribution in [2.24, 2.45) is 5.73 Å². The topological polar surface area (TPSA) is 51.8 Å². The van der Waals surface area contributed by atoms with Crippen LogP contribution >= 0.6 is 0 Å². The van der Waals surface area contributed by atoms with E-state index in [0.29, 0.717) is 12.5 Å². The van der Waals surface area contributed by atoms with Gasteiger partial charge < -0.3 is 5.73 Å². The van der Waals surface area contributed by atoms with Gasteiger partial charge in [-0.25, -0.2) is 9.97 Å². The molecular weight excluding hydrogens is 138 g/mol. The highest BCUT2D eigenvalue weighted by atomic mass is 14.9. The lowest BCUT2D eigenvalue weighted by Crippen LogP contribution is -2.01. The van der Waals surface area contributed by atoms with E-state index in [0.717, 1.165) is 11.4 Å². The summed E-state index contributed by atoms with van der Waals surface area (Å²) in [4.78, 5) is 8.32. The van der Waals surface area contributed by atoms with Crippen LogP contribution in [0.5, 0.6) is 0 Å². The Morgan fingerprint density at radius 3 is 2.27 bits per heavy atom. The molecule has 60 valence electrons. The molecule has 1 heterocycles. The third-order valence-corrected chi connectivity index (χ3v) is 1.48. The number of hydrogen-bond donors (Lipinski definition) is 1. The summed E-state index contributed by atoms with van der Waals surface area (Å²) >= 11 is 0. The molecule has 0 radical (unpaired) electrons. The summed E-state index contributed by atoms with van der Waals surface area (Å²) in [5, 5.41) is 0. The molecule has 0 bridgehead atoms. The van der Waals surface area contributed by atoms with Crippen LogP contribution in [-0.2, 0) is 6.54 Å². The molecular formula is C8H13N3. The Bertz CT molecular complexity index is 215. The standard InChI is InChI=1S/C8H13N3/c1-6(2)8-10-4-7(3-9)5-11-8/h4-6H,3,9H2,1-2H3. The monoisotopic (exact) mass is 151 g/mol. The molecule has 3 heteroatoms. The highest BCUT2D eigenvalue weighted by molar-refractivity contribution is 5.05. The molecule has 0 amide bonds. The predicted molar refractivity (Wildman–Crippen MR) is 44.0 cm³/mol. The van der Waals surface area contributed by atoms with Gasteiger partial charge in [0.15, 0.2) is 0 Å². The molecule has 0 aliphatic carbocycles. The van der Waals surface area contributed by atoms with E-state index in [1.165, 1.54) is 0 Å². The summed E-state index contributed by atoms with van der Waals surface area (Å²) in [6, 6.07) is 0. The van der Waals surface area contributed by atoms with Crippen molar-refractivity contribution in [1.29, 1.82) is 0 Å². The van der Waals surface area contributed by atoms with E-state index in [4.69, 9.17) is 5.73 Å². The van der Waals surface area contributed by atoms with Crippen LogP contribution in [0.15, 0.2) is 12.4 Å². The number of aromatic nitrogens is 2. The zero-order valence-electron chi connectivity index (χ0n) is 6.91. The number of rotatable bonds is 2. The van der Waals surface area contributed by atoms with Crippen molar-refractivity contribution in [2.45, 2.75) is 26.3 Å². The van der Waals surface area contributed by atoms with Gasteiger partial charge >= 0.3 is 0 Å². The number of nitrogens with zero attached hydrogens (tertiary/aromatic N) is 2. The van der Waals surface area contributed by atoms with Crippen molar-refractivity contribution in [3.05, 3.63) is 23.8 Å². The summed E-state index contributed by atoms with van der Waals surface area (Å²) < 4.78 is 0.